The van der Waals surface area contributed by atoms with Gasteiger partial charge < -0.3 is 19.5 Å². The molecule has 10 heteroatoms. The molecule has 0 radical (unpaired) electrons. The lowest BCUT2D eigenvalue weighted by Crippen LogP contribution is -2.39. The Morgan fingerprint density at radius 2 is 2.13 bits per heavy atom. The summed E-state index contributed by atoms with van der Waals surface area (Å²) in [6, 6.07) is 2.57. The summed E-state index contributed by atoms with van der Waals surface area (Å²) in [7, 11) is 3.21. The Bertz CT molecular complexity index is 1010. The number of aliphatic imine (C=N–C) groups is 1. The number of aryl methyl sites for hydroxylation is 1. The number of aliphatic hydroxyl groups excluding tert-OH is 1. The molecule has 1 aliphatic rings. The molecule has 8 nitrogen and oxygen atoms in total. The van der Waals surface area contributed by atoms with Crippen LogP contribution in [0.5, 0.6) is 5.75 Å². The number of carbonyl (C=O) groups is 1. The smallest absolute Gasteiger partial charge is 0.259 e. The maximum Gasteiger partial charge on any atom is 0.259 e. The number of halogens is 2. The van der Waals surface area contributed by atoms with Crippen LogP contribution in [0.4, 0.5) is 10.2 Å². The van der Waals surface area contributed by atoms with Gasteiger partial charge in [-0.05, 0) is 25.1 Å². The number of nitrogens with zero attached hydrogens (tertiary/aromatic N) is 4. The first-order valence-corrected chi connectivity index (χ1v) is 9.55. The quantitative estimate of drug-likeness (QED) is 0.781. The van der Waals surface area contributed by atoms with Gasteiger partial charge in [-0.1, -0.05) is 18.2 Å². The molecule has 2 atom stereocenters. The highest BCUT2D eigenvalue weighted by molar-refractivity contribution is 6.31. The molecular formula is C20H22ClFN4O4. The summed E-state index contributed by atoms with van der Waals surface area (Å²) in [5.74, 6) is -0.419. The van der Waals surface area contributed by atoms with Gasteiger partial charge in [-0.3, -0.25) is 9.48 Å². The van der Waals surface area contributed by atoms with Crippen molar-refractivity contribution in [2.45, 2.75) is 19.1 Å². The lowest BCUT2D eigenvalue weighted by molar-refractivity contribution is 0.0595. The number of carbonyl (C=O) groups excluding carboxylic acids is 1. The van der Waals surface area contributed by atoms with Gasteiger partial charge in [-0.25, -0.2) is 4.39 Å². The summed E-state index contributed by atoms with van der Waals surface area (Å²) in [5.41, 5.74) is 0.497. The van der Waals surface area contributed by atoms with E-state index in [1.165, 1.54) is 34.0 Å². The zero-order valence-electron chi connectivity index (χ0n) is 16.8. The Balaban J connectivity index is 2.18. The topological polar surface area (TPSA) is 89.2 Å². The van der Waals surface area contributed by atoms with E-state index in [-0.39, 0.29) is 52.7 Å². The Morgan fingerprint density at radius 1 is 1.40 bits per heavy atom. The highest BCUT2D eigenvalue weighted by Gasteiger charge is 2.27. The van der Waals surface area contributed by atoms with E-state index in [0.29, 0.717) is 0 Å². The summed E-state index contributed by atoms with van der Waals surface area (Å²) >= 11 is 6.21. The van der Waals surface area contributed by atoms with Crippen molar-refractivity contribution < 1.29 is 23.8 Å². The van der Waals surface area contributed by atoms with Gasteiger partial charge in [-0.2, -0.15) is 10.1 Å². The van der Waals surface area contributed by atoms with Gasteiger partial charge in [0.2, 0.25) is 5.90 Å². The number of ether oxygens (including phenoxy) is 2. The van der Waals surface area contributed by atoms with Crippen molar-refractivity contribution in [1.82, 2.24) is 14.7 Å². The molecule has 0 saturated carbocycles. The standard InChI is InChI=1S/C20H22ClFN4O4/c1-5-16-24-19-13(8-23-26(19)4)20(28)25(3)9-12(10-27)30-15-7-6-14(22)18(21)17(15)11(2)29-16/h5-8,11-12,27H,1,9-10H2,2-4H3/b24-16+/t11-,12?/m1/s1. The van der Waals surface area contributed by atoms with Crippen LogP contribution in [0.1, 0.15) is 28.9 Å². The second kappa shape index (κ2) is 8.85. The molecule has 2 heterocycles. The first-order chi connectivity index (χ1) is 14.3. The molecule has 0 bridgehead atoms. The van der Waals surface area contributed by atoms with Gasteiger partial charge in [0.25, 0.3) is 5.91 Å². The zero-order chi connectivity index (χ0) is 22.0. The zero-order valence-corrected chi connectivity index (χ0v) is 17.6. The lowest BCUT2D eigenvalue weighted by atomic mass is 10.1. The molecule has 30 heavy (non-hydrogen) atoms. The van der Waals surface area contributed by atoms with E-state index in [9.17, 15) is 14.3 Å². The van der Waals surface area contributed by atoms with Crippen molar-refractivity contribution in [2.75, 3.05) is 20.2 Å². The Labute approximate surface area is 178 Å². The molecule has 160 valence electrons. The number of aromatic nitrogens is 2. The minimum absolute atomic E-state index is 0.0609. The molecule has 2 aromatic rings. The van der Waals surface area contributed by atoms with E-state index in [1.54, 1.807) is 21.0 Å². The first-order valence-electron chi connectivity index (χ1n) is 9.17. The van der Waals surface area contributed by atoms with Crippen LogP contribution in [0.15, 0.2) is 36.0 Å². The molecule has 3 rings (SSSR count). The molecule has 1 unspecified atom stereocenters. The monoisotopic (exact) mass is 436 g/mol. The van der Waals surface area contributed by atoms with Crippen LogP contribution in [0.2, 0.25) is 5.02 Å². The molecule has 1 aromatic heterocycles. The van der Waals surface area contributed by atoms with Crippen LogP contribution in [0.3, 0.4) is 0 Å². The van der Waals surface area contributed by atoms with Crippen molar-refractivity contribution in [3.63, 3.8) is 0 Å². The van der Waals surface area contributed by atoms with Crippen LogP contribution in [-0.4, -0.2) is 57.9 Å². The van der Waals surface area contributed by atoms with E-state index in [2.05, 4.69) is 16.7 Å². The van der Waals surface area contributed by atoms with Crippen LogP contribution in [-0.2, 0) is 11.8 Å². The summed E-state index contributed by atoms with van der Waals surface area (Å²) in [6.45, 7) is 5.03. The average Bonchev–Trinajstić information content (AvgIpc) is 3.08. The maximum absolute atomic E-state index is 14.2. The molecular weight excluding hydrogens is 415 g/mol. The molecule has 1 amide bonds. The predicted octanol–water partition coefficient (Wildman–Crippen LogP) is 3.03. The normalized spacial score (nSPS) is 21.6. The largest absolute Gasteiger partial charge is 0.486 e. The second-order valence-electron chi connectivity index (χ2n) is 6.80. The second-order valence-corrected chi connectivity index (χ2v) is 7.18. The van der Waals surface area contributed by atoms with E-state index >= 15 is 0 Å². The van der Waals surface area contributed by atoms with E-state index in [4.69, 9.17) is 21.1 Å². The van der Waals surface area contributed by atoms with Crippen molar-refractivity contribution in [3.05, 3.63) is 53.0 Å². The minimum Gasteiger partial charge on any atom is -0.486 e. The number of benzene rings is 1. The molecule has 1 aliphatic heterocycles. The van der Waals surface area contributed by atoms with Crippen molar-refractivity contribution in [2.24, 2.45) is 12.0 Å². The number of likely N-dealkylation sites (N-methyl/N-ethyl adjacent to an activating group) is 1. The van der Waals surface area contributed by atoms with Crippen LogP contribution in [0.25, 0.3) is 0 Å². The third-order valence-electron chi connectivity index (χ3n) is 4.65. The van der Waals surface area contributed by atoms with Gasteiger partial charge in [0, 0.05) is 14.1 Å². The van der Waals surface area contributed by atoms with Gasteiger partial charge in [0.15, 0.2) is 5.82 Å². The van der Waals surface area contributed by atoms with E-state index in [0.717, 1.165) is 0 Å². The van der Waals surface area contributed by atoms with Crippen molar-refractivity contribution in [3.8, 4) is 5.75 Å². The predicted molar refractivity (Wildman–Crippen MR) is 110 cm³/mol. The van der Waals surface area contributed by atoms with E-state index < -0.39 is 18.0 Å². The number of hydrogen-bond donors (Lipinski definition) is 1. The fourth-order valence-electron chi connectivity index (χ4n) is 3.12. The number of aliphatic hydroxyl groups is 1. The summed E-state index contributed by atoms with van der Waals surface area (Å²) in [4.78, 5) is 18.7. The molecule has 1 N–H and O–H groups in total. The van der Waals surface area contributed by atoms with Crippen molar-refractivity contribution >= 4 is 29.2 Å². The number of amides is 1. The Kier molecular flexibility index (Phi) is 6.42. The first kappa shape index (κ1) is 21.8. The van der Waals surface area contributed by atoms with Gasteiger partial charge in [0.05, 0.1) is 29.9 Å². The van der Waals surface area contributed by atoms with Gasteiger partial charge in [-0.15, -0.1) is 0 Å². The van der Waals surface area contributed by atoms with Crippen LogP contribution >= 0.6 is 11.6 Å². The number of hydrogen-bond acceptors (Lipinski definition) is 6. The Hall–Kier alpha value is -2.91. The minimum atomic E-state index is -0.785. The molecule has 1 aromatic carbocycles. The third kappa shape index (κ3) is 4.17. The van der Waals surface area contributed by atoms with E-state index in [1.807, 2.05) is 0 Å². The Morgan fingerprint density at radius 3 is 2.80 bits per heavy atom. The maximum atomic E-state index is 14.2. The van der Waals surface area contributed by atoms with Gasteiger partial charge >= 0.3 is 0 Å². The summed E-state index contributed by atoms with van der Waals surface area (Å²) in [6.07, 6.45) is 1.21. The van der Waals surface area contributed by atoms with Crippen LogP contribution in [0, 0.1) is 5.82 Å². The fourth-order valence-corrected chi connectivity index (χ4v) is 3.42. The molecule has 0 fully saturated rings. The average molecular weight is 437 g/mol. The number of fused-ring (bicyclic) bond motifs is 2. The summed E-state index contributed by atoms with van der Waals surface area (Å²) in [5, 5.41) is 13.7. The van der Waals surface area contributed by atoms with Crippen LogP contribution < -0.4 is 4.74 Å². The molecule has 0 aliphatic carbocycles. The SMILES string of the molecule is C=C/C1=N\c2c(cnn2C)C(=O)N(C)CC(CO)Oc2ccc(F)c(Cl)c2[C@@H](C)O1. The van der Waals surface area contributed by atoms with Gasteiger partial charge in [0.1, 0.15) is 29.3 Å². The lowest BCUT2D eigenvalue weighted by Gasteiger charge is -2.26. The number of rotatable bonds is 2. The fraction of sp³-hybridized carbons (Fsp3) is 0.350. The highest BCUT2D eigenvalue weighted by Crippen LogP contribution is 2.37. The highest BCUT2D eigenvalue weighted by atomic mass is 35.5. The molecule has 0 spiro atoms. The third-order valence-corrected chi connectivity index (χ3v) is 5.03. The van der Waals surface area contributed by atoms with Crippen molar-refractivity contribution in [1.29, 1.82) is 0 Å². The molecule has 0 saturated heterocycles. The summed E-state index contributed by atoms with van der Waals surface area (Å²) < 4.78 is 27.4.